The second kappa shape index (κ2) is 15.1. The van der Waals surface area contributed by atoms with Crippen molar-refractivity contribution in [1.29, 1.82) is 0 Å². The van der Waals surface area contributed by atoms with E-state index in [4.69, 9.17) is 4.74 Å². The van der Waals surface area contributed by atoms with Crippen LogP contribution in [0.4, 0.5) is 0 Å². The highest BCUT2D eigenvalue weighted by atomic mass is 32.2. The first-order valence-electron chi connectivity index (χ1n) is 8.50. The van der Waals surface area contributed by atoms with Crippen LogP contribution in [0.2, 0.25) is 0 Å². The molecule has 0 fully saturated rings. The molecule has 0 aromatic carbocycles. The van der Waals surface area contributed by atoms with Crippen molar-refractivity contribution in [3.63, 3.8) is 0 Å². The van der Waals surface area contributed by atoms with Crippen LogP contribution in [0.1, 0.15) is 44.5 Å². The van der Waals surface area contributed by atoms with Crippen molar-refractivity contribution in [2.45, 2.75) is 39.1 Å². The van der Waals surface area contributed by atoms with Crippen molar-refractivity contribution in [2.75, 3.05) is 12.9 Å². The largest absolute Gasteiger partial charge is 0.497 e. The minimum Gasteiger partial charge on any atom is -0.497 e. The van der Waals surface area contributed by atoms with Crippen LogP contribution in [0, 0.1) is 0 Å². The number of ketones is 1. The molecular formula is C20H28N2O3S2. The van der Waals surface area contributed by atoms with Crippen molar-refractivity contribution in [2.24, 2.45) is 0 Å². The van der Waals surface area contributed by atoms with Crippen molar-refractivity contribution in [3.8, 4) is 0 Å². The minimum absolute atomic E-state index is 0.0734. The van der Waals surface area contributed by atoms with E-state index in [9.17, 15) is 9.59 Å². The van der Waals surface area contributed by atoms with Crippen LogP contribution in [-0.2, 0) is 9.53 Å². The fraction of sp³-hybridized carbons (Fsp3) is 0.350. The van der Waals surface area contributed by atoms with Gasteiger partial charge in [0.1, 0.15) is 10.8 Å². The van der Waals surface area contributed by atoms with Gasteiger partial charge in [-0.05, 0) is 31.2 Å². The van der Waals surface area contributed by atoms with E-state index in [1.807, 2.05) is 19.1 Å². The number of methoxy groups -OCH3 is 1. The smallest absolute Gasteiger partial charge is 0.186 e. The van der Waals surface area contributed by atoms with Gasteiger partial charge in [-0.2, -0.15) is 0 Å². The molecule has 0 amide bonds. The molecular weight excluding hydrogens is 380 g/mol. The molecule has 5 nitrogen and oxygen atoms in total. The molecule has 0 saturated heterocycles. The van der Waals surface area contributed by atoms with Gasteiger partial charge in [0.05, 0.1) is 12.9 Å². The number of allylic oxidation sites excluding steroid dienone is 3. The van der Waals surface area contributed by atoms with E-state index in [1.165, 1.54) is 31.5 Å². The molecule has 1 heterocycles. The lowest BCUT2D eigenvalue weighted by molar-refractivity contribution is -0.109. The minimum atomic E-state index is -0.109. The number of pyridine rings is 1. The molecule has 1 aromatic rings. The number of ether oxygens (including phenoxy) is 1. The highest BCUT2D eigenvalue weighted by Crippen LogP contribution is 2.15. The SMILES string of the molecule is C=C(/C=C\C(=C/C)NSc1ccc(C(=O)CSC(C)=O)cn1)OC.CCC. The summed E-state index contributed by atoms with van der Waals surface area (Å²) in [6.07, 6.45) is 8.27. The van der Waals surface area contributed by atoms with Gasteiger partial charge in [0.2, 0.25) is 0 Å². The van der Waals surface area contributed by atoms with Crippen LogP contribution < -0.4 is 4.72 Å². The van der Waals surface area contributed by atoms with Crippen molar-refractivity contribution < 1.29 is 14.3 Å². The standard InChI is InChI=1S/C17H20N2O3S2.C3H8/c1-5-15(8-6-12(2)22-4)19-24-17-9-7-14(10-18-17)16(21)11-23-13(3)20;1-3-2/h5-10,19H,2,11H2,1,3-4H3;3H2,1-2H3/b8-6-,15-5+;. The fourth-order valence-electron chi connectivity index (χ4n) is 1.41. The van der Waals surface area contributed by atoms with E-state index in [0.29, 0.717) is 11.3 Å². The molecule has 0 radical (unpaired) electrons. The van der Waals surface area contributed by atoms with Crippen LogP contribution in [0.25, 0.3) is 0 Å². The Morgan fingerprint density at radius 1 is 1.30 bits per heavy atom. The highest BCUT2D eigenvalue weighted by molar-refractivity contribution is 8.14. The summed E-state index contributed by atoms with van der Waals surface area (Å²) in [5.74, 6) is 0.589. The predicted molar refractivity (Wildman–Crippen MR) is 116 cm³/mol. The Morgan fingerprint density at radius 2 is 1.96 bits per heavy atom. The number of rotatable bonds is 9. The van der Waals surface area contributed by atoms with Crippen molar-refractivity contribution in [1.82, 2.24) is 9.71 Å². The third-order valence-corrected chi connectivity index (χ3v) is 4.36. The number of carbonyl (C=O) groups excluding carboxylic acids is 2. The molecule has 1 rings (SSSR count). The third kappa shape index (κ3) is 12.1. The lowest BCUT2D eigenvalue weighted by Crippen LogP contribution is -2.05. The Balaban J connectivity index is 0.00000210. The monoisotopic (exact) mass is 408 g/mol. The van der Waals surface area contributed by atoms with Crippen molar-refractivity contribution in [3.05, 3.63) is 60.2 Å². The number of hydrogen-bond donors (Lipinski definition) is 1. The summed E-state index contributed by atoms with van der Waals surface area (Å²) in [6, 6.07) is 3.46. The average molecular weight is 409 g/mol. The van der Waals surface area contributed by atoms with Gasteiger partial charge >= 0.3 is 0 Å². The van der Waals surface area contributed by atoms with Gasteiger partial charge in [-0.1, -0.05) is 44.7 Å². The molecule has 0 unspecified atom stereocenters. The second-order valence-electron chi connectivity index (χ2n) is 5.25. The number of carbonyl (C=O) groups is 2. The van der Waals surface area contributed by atoms with Gasteiger partial charge in [-0.15, -0.1) is 0 Å². The Labute approximate surface area is 170 Å². The Kier molecular flexibility index (Phi) is 14.0. The van der Waals surface area contributed by atoms with Crippen LogP contribution >= 0.6 is 23.7 Å². The van der Waals surface area contributed by atoms with E-state index in [-0.39, 0.29) is 16.7 Å². The molecule has 27 heavy (non-hydrogen) atoms. The average Bonchev–Trinajstić information content (AvgIpc) is 2.67. The van der Waals surface area contributed by atoms with E-state index < -0.39 is 0 Å². The molecule has 1 aromatic heterocycles. The second-order valence-corrected chi connectivity index (χ2v) is 7.23. The summed E-state index contributed by atoms with van der Waals surface area (Å²) in [6.45, 7) is 11.3. The molecule has 0 bridgehead atoms. The zero-order valence-electron chi connectivity index (χ0n) is 16.6. The summed E-state index contributed by atoms with van der Waals surface area (Å²) in [4.78, 5) is 27.0. The van der Waals surface area contributed by atoms with Gasteiger partial charge in [0.15, 0.2) is 10.9 Å². The molecule has 0 saturated carbocycles. The maximum Gasteiger partial charge on any atom is 0.186 e. The van der Waals surface area contributed by atoms with Gasteiger partial charge in [0.25, 0.3) is 0 Å². The van der Waals surface area contributed by atoms with Crippen LogP contribution in [-0.4, -0.2) is 28.7 Å². The Hall–Kier alpha value is -1.99. The zero-order valence-corrected chi connectivity index (χ0v) is 18.2. The van der Waals surface area contributed by atoms with E-state index in [2.05, 4.69) is 30.1 Å². The van der Waals surface area contributed by atoms with Crippen molar-refractivity contribution >= 4 is 34.6 Å². The van der Waals surface area contributed by atoms with Crippen LogP contribution in [0.3, 0.4) is 0 Å². The lowest BCUT2D eigenvalue weighted by Gasteiger charge is -2.06. The zero-order chi connectivity index (χ0) is 20.7. The molecule has 148 valence electrons. The molecule has 0 atom stereocenters. The first-order valence-corrected chi connectivity index (χ1v) is 10.3. The number of hydrogen-bond acceptors (Lipinski definition) is 7. The van der Waals surface area contributed by atoms with Gasteiger partial charge in [0, 0.05) is 36.3 Å². The first-order chi connectivity index (χ1) is 12.9. The normalized spacial score (nSPS) is 10.8. The maximum atomic E-state index is 11.9. The molecule has 0 spiro atoms. The van der Waals surface area contributed by atoms with E-state index >= 15 is 0 Å². The van der Waals surface area contributed by atoms with Gasteiger partial charge in [-0.25, -0.2) is 4.98 Å². The maximum absolute atomic E-state index is 11.9. The summed E-state index contributed by atoms with van der Waals surface area (Å²) in [5, 5.41) is 0.653. The molecule has 1 N–H and O–H groups in total. The third-order valence-electron chi connectivity index (χ3n) is 2.76. The molecule has 0 aliphatic rings. The summed E-state index contributed by atoms with van der Waals surface area (Å²) in [5.41, 5.74) is 1.37. The van der Waals surface area contributed by atoms with E-state index in [0.717, 1.165) is 22.5 Å². The van der Waals surface area contributed by atoms with Crippen LogP contribution in [0.5, 0.6) is 0 Å². The predicted octanol–water partition coefficient (Wildman–Crippen LogP) is 5.18. The summed E-state index contributed by atoms with van der Waals surface area (Å²) < 4.78 is 8.12. The number of thioether (sulfide) groups is 1. The Morgan fingerprint density at radius 3 is 2.44 bits per heavy atom. The number of Topliss-reactive ketones (excluding diaryl/α,β-unsaturated/α-hetero) is 1. The van der Waals surface area contributed by atoms with Gasteiger partial charge in [-0.3, -0.25) is 9.59 Å². The van der Waals surface area contributed by atoms with Crippen LogP contribution in [0.15, 0.2) is 59.6 Å². The summed E-state index contributed by atoms with van der Waals surface area (Å²) >= 11 is 2.33. The summed E-state index contributed by atoms with van der Waals surface area (Å²) in [7, 11) is 1.56. The highest BCUT2D eigenvalue weighted by Gasteiger charge is 2.08. The first kappa shape index (κ1) is 25.0. The fourth-order valence-corrected chi connectivity index (χ4v) is 2.56. The quantitative estimate of drug-likeness (QED) is 0.261. The molecule has 0 aliphatic carbocycles. The number of aromatic nitrogens is 1. The number of nitrogens with zero attached hydrogens (tertiary/aromatic N) is 1. The topological polar surface area (TPSA) is 68.3 Å². The molecule has 0 aliphatic heterocycles. The number of nitrogens with one attached hydrogen (secondary N) is 1. The lowest BCUT2D eigenvalue weighted by atomic mass is 10.2. The molecule has 7 heteroatoms. The Bertz CT molecular complexity index is 668. The van der Waals surface area contributed by atoms with Gasteiger partial charge < -0.3 is 9.46 Å². The van der Waals surface area contributed by atoms with E-state index in [1.54, 1.807) is 25.3 Å².